The first kappa shape index (κ1) is 19.4. The molecule has 30 heavy (non-hydrogen) atoms. The smallest absolute Gasteiger partial charge is 0.261 e. The van der Waals surface area contributed by atoms with Gasteiger partial charge in [0.25, 0.3) is 11.8 Å². The van der Waals surface area contributed by atoms with Crippen LogP contribution >= 0.6 is 0 Å². The minimum Gasteiger partial charge on any atom is -0.436 e. The van der Waals surface area contributed by atoms with E-state index in [0.717, 1.165) is 26.2 Å². The van der Waals surface area contributed by atoms with E-state index in [2.05, 4.69) is 27.2 Å². The number of hydrogen-bond donors (Lipinski definition) is 1. The first-order valence-electron chi connectivity index (χ1n) is 10.8. The van der Waals surface area contributed by atoms with Gasteiger partial charge >= 0.3 is 0 Å². The quantitative estimate of drug-likeness (QED) is 0.808. The predicted octanol–water partition coefficient (Wildman–Crippen LogP) is 2.52. The number of carbonyl (C=O) groups excluding carboxylic acids is 1. The van der Waals surface area contributed by atoms with Crippen molar-refractivity contribution in [2.75, 3.05) is 44.3 Å². The first-order valence-corrected chi connectivity index (χ1v) is 10.8. The number of aromatic nitrogens is 1. The number of ether oxygens (including phenoxy) is 2. The van der Waals surface area contributed by atoms with E-state index in [4.69, 9.17) is 14.0 Å². The summed E-state index contributed by atoms with van der Waals surface area (Å²) in [6.45, 7) is 7.43. The van der Waals surface area contributed by atoms with Gasteiger partial charge in [0, 0.05) is 30.7 Å². The maximum Gasteiger partial charge on any atom is 0.261 e. The van der Waals surface area contributed by atoms with E-state index in [9.17, 15) is 4.79 Å². The van der Waals surface area contributed by atoms with E-state index < -0.39 is 0 Å². The molecule has 4 aliphatic rings. The number of carbonyl (C=O) groups is 1. The Bertz CT molecular complexity index is 868. The molecular formula is C22H28N4O4. The maximum absolute atomic E-state index is 12.8. The van der Waals surface area contributed by atoms with Crippen LogP contribution in [0.5, 0.6) is 11.6 Å². The number of rotatable bonds is 5. The zero-order valence-electron chi connectivity index (χ0n) is 17.3. The molecule has 2 bridgehead atoms. The Kier molecular flexibility index (Phi) is 5.35. The third kappa shape index (κ3) is 3.89. The highest BCUT2D eigenvalue weighted by Gasteiger charge is 2.40. The summed E-state index contributed by atoms with van der Waals surface area (Å²) in [7, 11) is 0. The van der Waals surface area contributed by atoms with E-state index in [1.54, 1.807) is 30.3 Å². The van der Waals surface area contributed by atoms with Crippen molar-refractivity contribution in [3.05, 3.63) is 35.9 Å². The van der Waals surface area contributed by atoms with Crippen LogP contribution in [0.15, 0.2) is 34.9 Å². The molecule has 0 aliphatic carbocycles. The van der Waals surface area contributed by atoms with Crippen molar-refractivity contribution in [3.63, 3.8) is 0 Å². The Morgan fingerprint density at radius 3 is 2.57 bits per heavy atom. The first-order chi connectivity index (χ1) is 14.7. The monoisotopic (exact) mass is 412 g/mol. The number of anilines is 1. The molecule has 2 atom stereocenters. The molecule has 0 spiro atoms. The van der Waals surface area contributed by atoms with E-state index in [-0.39, 0.29) is 11.9 Å². The molecule has 4 saturated heterocycles. The number of benzene rings is 1. The third-order valence-electron chi connectivity index (χ3n) is 6.61. The van der Waals surface area contributed by atoms with Crippen LogP contribution < -0.4 is 15.0 Å². The Balaban J connectivity index is 1.19. The Hall–Kier alpha value is -2.58. The number of hydrogen-bond acceptors (Lipinski definition) is 7. The molecule has 6 rings (SSSR count). The van der Waals surface area contributed by atoms with Gasteiger partial charge < -0.3 is 24.2 Å². The van der Waals surface area contributed by atoms with E-state index in [1.165, 1.54) is 12.8 Å². The van der Waals surface area contributed by atoms with Gasteiger partial charge in [-0.15, -0.1) is 0 Å². The van der Waals surface area contributed by atoms with E-state index in [0.29, 0.717) is 48.3 Å². The fourth-order valence-electron chi connectivity index (χ4n) is 4.81. The average Bonchev–Trinajstić information content (AvgIpc) is 3.26. The molecule has 0 radical (unpaired) electrons. The van der Waals surface area contributed by atoms with Crippen molar-refractivity contribution in [1.82, 2.24) is 15.4 Å². The van der Waals surface area contributed by atoms with Crippen LogP contribution in [0, 0.1) is 5.92 Å². The molecule has 1 N–H and O–H groups in total. The van der Waals surface area contributed by atoms with Gasteiger partial charge in [-0.3, -0.25) is 9.69 Å². The van der Waals surface area contributed by atoms with Crippen LogP contribution in [-0.4, -0.2) is 67.4 Å². The molecule has 4 aliphatic heterocycles. The van der Waals surface area contributed by atoms with Crippen molar-refractivity contribution < 1.29 is 18.8 Å². The van der Waals surface area contributed by atoms with Crippen molar-refractivity contribution in [2.45, 2.75) is 31.8 Å². The summed E-state index contributed by atoms with van der Waals surface area (Å²) in [5.74, 6) is 2.25. The molecule has 0 unspecified atom stereocenters. The van der Waals surface area contributed by atoms with Crippen molar-refractivity contribution in [1.29, 1.82) is 0 Å². The highest BCUT2D eigenvalue weighted by Crippen LogP contribution is 2.32. The lowest BCUT2D eigenvalue weighted by Crippen LogP contribution is -2.62. The van der Waals surface area contributed by atoms with Crippen LogP contribution in [0.2, 0.25) is 0 Å². The molecule has 1 aromatic carbocycles. The standard InChI is InChI=1S/C22H28N4O4/c1-15-21(16-6-8-25(15)9-7-16)23-22(27)17-2-4-18(5-3-17)29-19-14-20(30-24-19)26-10-12-28-13-11-26/h2-5,14-16,21H,6-13H2,1H3,(H,23,27)/t15-,21+/m1/s1. The Morgan fingerprint density at radius 2 is 1.87 bits per heavy atom. The van der Waals surface area contributed by atoms with Crippen LogP contribution in [-0.2, 0) is 4.74 Å². The number of amides is 1. The largest absolute Gasteiger partial charge is 0.436 e. The summed E-state index contributed by atoms with van der Waals surface area (Å²) in [5, 5.41) is 7.25. The maximum atomic E-state index is 12.8. The van der Waals surface area contributed by atoms with Gasteiger partial charge in [0.2, 0.25) is 5.88 Å². The van der Waals surface area contributed by atoms with Crippen LogP contribution in [0.25, 0.3) is 0 Å². The molecule has 2 aromatic rings. The molecule has 0 saturated carbocycles. The number of piperidine rings is 3. The highest BCUT2D eigenvalue weighted by atomic mass is 16.5. The Morgan fingerprint density at radius 1 is 1.13 bits per heavy atom. The average molecular weight is 412 g/mol. The number of morpholine rings is 1. The summed E-state index contributed by atoms with van der Waals surface area (Å²) in [6.07, 6.45) is 2.35. The topological polar surface area (TPSA) is 80.1 Å². The van der Waals surface area contributed by atoms with Crippen molar-refractivity contribution in [2.24, 2.45) is 5.92 Å². The fourth-order valence-corrected chi connectivity index (χ4v) is 4.81. The lowest BCUT2D eigenvalue weighted by atomic mass is 9.79. The molecule has 1 aromatic heterocycles. The van der Waals surface area contributed by atoms with Crippen LogP contribution in [0.3, 0.4) is 0 Å². The predicted molar refractivity (Wildman–Crippen MR) is 111 cm³/mol. The molecule has 8 heteroatoms. The molecule has 8 nitrogen and oxygen atoms in total. The number of nitrogens with one attached hydrogen (secondary N) is 1. The minimum atomic E-state index is -0.0248. The Labute approximate surface area is 176 Å². The second-order valence-electron chi connectivity index (χ2n) is 8.34. The summed E-state index contributed by atoms with van der Waals surface area (Å²) in [6, 6.07) is 9.57. The van der Waals surface area contributed by atoms with Gasteiger partial charge in [0.1, 0.15) is 5.75 Å². The summed E-state index contributed by atoms with van der Waals surface area (Å²) in [4.78, 5) is 17.3. The van der Waals surface area contributed by atoms with E-state index in [1.807, 2.05) is 0 Å². The van der Waals surface area contributed by atoms with Crippen LogP contribution in [0.1, 0.15) is 30.1 Å². The van der Waals surface area contributed by atoms with Gasteiger partial charge in [0.05, 0.1) is 19.3 Å². The van der Waals surface area contributed by atoms with Gasteiger partial charge in [-0.1, -0.05) is 0 Å². The van der Waals surface area contributed by atoms with Gasteiger partial charge in [0.15, 0.2) is 0 Å². The number of fused-ring (bicyclic) bond motifs is 3. The third-order valence-corrected chi connectivity index (χ3v) is 6.61. The molecule has 160 valence electrons. The SMILES string of the molecule is C[C@@H]1[C@H](NC(=O)c2ccc(Oc3cc(N4CCOCC4)on3)cc2)C2CCN1CC2. The fraction of sp³-hybridized carbons (Fsp3) is 0.545. The summed E-state index contributed by atoms with van der Waals surface area (Å²) in [5.41, 5.74) is 0.639. The van der Waals surface area contributed by atoms with Crippen LogP contribution in [0.4, 0.5) is 5.88 Å². The lowest BCUT2D eigenvalue weighted by molar-refractivity contribution is 0.0217. The summed E-state index contributed by atoms with van der Waals surface area (Å²) >= 11 is 0. The molecule has 4 fully saturated rings. The summed E-state index contributed by atoms with van der Waals surface area (Å²) < 4.78 is 16.5. The van der Waals surface area contributed by atoms with Crippen molar-refractivity contribution >= 4 is 11.8 Å². The van der Waals surface area contributed by atoms with E-state index >= 15 is 0 Å². The number of nitrogens with zero attached hydrogens (tertiary/aromatic N) is 3. The molecule has 1 amide bonds. The molecule has 5 heterocycles. The van der Waals surface area contributed by atoms with Gasteiger partial charge in [-0.25, -0.2) is 0 Å². The lowest BCUT2D eigenvalue weighted by Gasteiger charge is -2.49. The minimum absolute atomic E-state index is 0.0248. The highest BCUT2D eigenvalue weighted by molar-refractivity contribution is 5.94. The zero-order valence-corrected chi connectivity index (χ0v) is 17.3. The molecular weight excluding hydrogens is 384 g/mol. The van der Waals surface area contributed by atoms with Gasteiger partial charge in [-0.05, 0) is 68.2 Å². The van der Waals surface area contributed by atoms with Gasteiger partial charge in [-0.2, -0.15) is 0 Å². The second-order valence-corrected chi connectivity index (χ2v) is 8.34. The zero-order chi connectivity index (χ0) is 20.5. The van der Waals surface area contributed by atoms with Crippen molar-refractivity contribution in [3.8, 4) is 11.6 Å². The normalized spacial score (nSPS) is 28.4. The second kappa shape index (κ2) is 8.28.